The zero-order valence-corrected chi connectivity index (χ0v) is 11.8. The molecule has 1 heteroatoms. The normalized spacial score (nSPS) is 21.8. The first kappa shape index (κ1) is 14.0. The summed E-state index contributed by atoms with van der Waals surface area (Å²) < 4.78 is 0. The summed E-state index contributed by atoms with van der Waals surface area (Å²) in [7, 11) is 2.16. The minimum atomic E-state index is 0.626. The molecule has 0 aromatic heterocycles. The van der Waals surface area contributed by atoms with Crippen LogP contribution in [0.5, 0.6) is 0 Å². The highest BCUT2D eigenvalue weighted by Crippen LogP contribution is 2.51. The molecule has 0 amide bonds. The van der Waals surface area contributed by atoms with Crippen LogP contribution >= 0.6 is 0 Å². The maximum Gasteiger partial charge on any atom is 0.0146 e. The van der Waals surface area contributed by atoms with Gasteiger partial charge in [0.1, 0.15) is 0 Å². The molecule has 0 saturated heterocycles. The molecule has 0 bridgehead atoms. The van der Waals surface area contributed by atoms with E-state index in [-0.39, 0.29) is 0 Å². The van der Waals surface area contributed by atoms with Gasteiger partial charge in [-0.05, 0) is 44.1 Å². The summed E-state index contributed by atoms with van der Waals surface area (Å²) in [4.78, 5) is 0. The van der Waals surface area contributed by atoms with Gasteiger partial charge in [0.2, 0.25) is 0 Å². The molecule has 1 rings (SSSR count). The van der Waals surface area contributed by atoms with Crippen LogP contribution in [0.1, 0.15) is 72.1 Å². The quantitative estimate of drug-likeness (QED) is 0.575. The first-order valence-corrected chi connectivity index (χ1v) is 7.35. The molecule has 0 aromatic rings. The van der Waals surface area contributed by atoms with Crippen LogP contribution in [0.2, 0.25) is 0 Å². The Morgan fingerprint density at radius 3 is 2.19 bits per heavy atom. The Labute approximate surface area is 102 Å². The minimum Gasteiger partial charge on any atom is -0.316 e. The summed E-state index contributed by atoms with van der Waals surface area (Å²) in [5.41, 5.74) is 0.626. The highest BCUT2D eigenvalue weighted by atomic mass is 14.9. The molecule has 0 spiro atoms. The molecule has 16 heavy (non-hydrogen) atoms. The van der Waals surface area contributed by atoms with Crippen LogP contribution in [0.3, 0.4) is 0 Å². The van der Waals surface area contributed by atoms with Crippen molar-refractivity contribution in [2.75, 3.05) is 7.05 Å². The Kier molecular flexibility index (Phi) is 5.82. The second kappa shape index (κ2) is 6.64. The third kappa shape index (κ3) is 3.76. The Hall–Kier alpha value is -0.0400. The topological polar surface area (TPSA) is 12.0 Å². The fourth-order valence-corrected chi connectivity index (χ4v) is 3.17. The first-order valence-electron chi connectivity index (χ1n) is 7.35. The monoisotopic (exact) mass is 225 g/mol. The van der Waals surface area contributed by atoms with Gasteiger partial charge in [-0.2, -0.15) is 0 Å². The first-order chi connectivity index (χ1) is 7.68. The van der Waals surface area contributed by atoms with Crippen molar-refractivity contribution < 1.29 is 0 Å². The van der Waals surface area contributed by atoms with Gasteiger partial charge in [-0.1, -0.05) is 46.5 Å². The molecule has 0 heterocycles. The van der Waals surface area contributed by atoms with Crippen LogP contribution in [0, 0.1) is 11.3 Å². The molecule has 0 radical (unpaired) electrons. The van der Waals surface area contributed by atoms with E-state index in [0.717, 1.165) is 12.0 Å². The van der Waals surface area contributed by atoms with Crippen molar-refractivity contribution in [3.05, 3.63) is 0 Å². The standard InChI is InChI=1S/C15H31N/c1-5-7-8-10-13(9-6-2)14(16-4)15(3)11-12-15/h13-14,16H,5-12H2,1-4H3. The lowest BCUT2D eigenvalue weighted by molar-refractivity contribution is 0.235. The highest BCUT2D eigenvalue weighted by molar-refractivity contribution is 5.00. The average Bonchev–Trinajstić information content (AvgIpc) is 2.98. The van der Waals surface area contributed by atoms with E-state index in [1.165, 1.54) is 51.4 Å². The molecule has 1 nitrogen and oxygen atoms in total. The van der Waals surface area contributed by atoms with Crippen molar-refractivity contribution >= 4 is 0 Å². The second-order valence-corrected chi connectivity index (χ2v) is 5.96. The van der Waals surface area contributed by atoms with Gasteiger partial charge in [0.25, 0.3) is 0 Å². The van der Waals surface area contributed by atoms with Gasteiger partial charge < -0.3 is 5.32 Å². The van der Waals surface area contributed by atoms with Crippen molar-refractivity contribution in [1.29, 1.82) is 0 Å². The molecule has 2 unspecified atom stereocenters. The SMILES string of the molecule is CCCCCC(CCC)C(NC)C1(C)CC1. The van der Waals surface area contributed by atoms with Gasteiger partial charge in [-0.3, -0.25) is 0 Å². The Morgan fingerprint density at radius 1 is 1.06 bits per heavy atom. The van der Waals surface area contributed by atoms with E-state index < -0.39 is 0 Å². The molecule has 0 aromatic carbocycles. The summed E-state index contributed by atoms with van der Waals surface area (Å²) >= 11 is 0. The van der Waals surface area contributed by atoms with Gasteiger partial charge in [0.05, 0.1) is 0 Å². The van der Waals surface area contributed by atoms with Crippen molar-refractivity contribution in [2.24, 2.45) is 11.3 Å². The lowest BCUT2D eigenvalue weighted by atomic mass is 9.81. The van der Waals surface area contributed by atoms with E-state index >= 15 is 0 Å². The van der Waals surface area contributed by atoms with E-state index in [1.807, 2.05) is 0 Å². The number of hydrogen-bond donors (Lipinski definition) is 1. The van der Waals surface area contributed by atoms with Gasteiger partial charge in [0.15, 0.2) is 0 Å². The molecular formula is C15H31N. The minimum absolute atomic E-state index is 0.626. The average molecular weight is 225 g/mol. The zero-order valence-electron chi connectivity index (χ0n) is 11.8. The lowest BCUT2D eigenvalue weighted by Crippen LogP contribution is -2.40. The molecule has 0 aliphatic heterocycles. The van der Waals surface area contributed by atoms with E-state index in [2.05, 4.69) is 33.1 Å². The van der Waals surface area contributed by atoms with Gasteiger partial charge >= 0.3 is 0 Å². The molecule has 1 aliphatic carbocycles. The molecule has 1 N–H and O–H groups in total. The Morgan fingerprint density at radius 2 is 1.75 bits per heavy atom. The molecule has 1 fully saturated rings. The molecule has 2 atom stereocenters. The Bertz CT molecular complexity index is 184. The largest absolute Gasteiger partial charge is 0.316 e. The van der Waals surface area contributed by atoms with Crippen LogP contribution in [0.15, 0.2) is 0 Å². The highest BCUT2D eigenvalue weighted by Gasteiger charge is 2.46. The third-order valence-corrected chi connectivity index (χ3v) is 4.41. The predicted octanol–water partition coefficient (Wildman–Crippen LogP) is 4.37. The maximum absolute atomic E-state index is 3.62. The summed E-state index contributed by atoms with van der Waals surface area (Å²) in [6.45, 7) is 7.10. The second-order valence-electron chi connectivity index (χ2n) is 5.96. The van der Waals surface area contributed by atoms with E-state index in [9.17, 15) is 0 Å². The van der Waals surface area contributed by atoms with Crippen LogP contribution in [-0.4, -0.2) is 13.1 Å². The van der Waals surface area contributed by atoms with E-state index in [4.69, 9.17) is 0 Å². The fraction of sp³-hybridized carbons (Fsp3) is 1.00. The fourth-order valence-electron chi connectivity index (χ4n) is 3.17. The number of hydrogen-bond acceptors (Lipinski definition) is 1. The molecular weight excluding hydrogens is 194 g/mol. The summed E-state index contributed by atoms with van der Waals surface area (Å²) in [5, 5.41) is 3.62. The smallest absolute Gasteiger partial charge is 0.0146 e. The maximum atomic E-state index is 3.62. The molecule has 1 saturated carbocycles. The van der Waals surface area contributed by atoms with E-state index in [0.29, 0.717) is 5.41 Å². The predicted molar refractivity (Wildman–Crippen MR) is 72.7 cm³/mol. The van der Waals surface area contributed by atoms with Crippen LogP contribution in [0.4, 0.5) is 0 Å². The van der Waals surface area contributed by atoms with Crippen molar-refractivity contribution in [2.45, 2.75) is 78.2 Å². The third-order valence-electron chi connectivity index (χ3n) is 4.41. The zero-order chi connectivity index (χ0) is 12.0. The van der Waals surface area contributed by atoms with Gasteiger partial charge in [-0.25, -0.2) is 0 Å². The van der Waals surface area contributed by atoms with Crippen LogP contribution < -0.4 is 5.32 Å². The van der Waals surface area contributed by atoms with Gasteiger partial charge in [-0.15, -0.1) is 0 Å². The van der Waals surface area contributed by atoms with Gasteiger partial charge in [0, 0.05) is 6.04 Å². The lowest BCUT2D eigenvalue weighted by Gasteiger charge is -2.32. The van der Waals surface area contributed by atoms with Crippen LogP contribution in [-0.2, 0) is 0 Å². The van der Waals surface area contributed by atoms with E-state index in [1.54, 1.807) is 0 Å². The van der Waals surface area contributed by atoms with Crippen LogP contribution in [0.25, 0.3) is 0 Å². The summed E-state index contributed by atoms with van der Waals surface area (Å²) in [6.07, 6.45) is 11.2. The molecule has 96 valence electrons. The number of nitrogens with one attached hydrogen (secondary N) is 1. The molecule has 1 aliphatic rings. The number of unbranched alkanes of at least 4 members (excludes halogenated alkanes) is 2. The summed E-state index contributed by atoms with van der Waals surface area (Å²) in [6, 6.07) is 0.768. The Balaban J connectivity index is 2.45. The number of rotatable bonds is 9. The summed E-state index contributed by atoms with van der Waals surface area (Å²) in [5.74, 6) is 0.911. The van der Waals surface area contributed by atoms with Crippen molar-refractivity contribution in [3.8, 4) is 0 Å². The van der Waals surface area contributed by atoms with Crippen molar-refractivity contribution in [1.82, 2.24) is 5.32 Å². The van der Waals surface area contributed by atoms with Crippen molar-refractivity contribution in [3.63, 3.8) is 0 Å².